The number of Topliss-reactive ketones (excluding diaryl/α,β-unsaturated/α-hetero) is 1. The first-order valence-corrected chi connectivity index (χ1v) is 12.2. The van der Waals surface area contributed by atoms with Gasteiger partial charge in [-0.1, -0.05) is 88.7 Å². The summed E-state index contributed by atoms with van der Waals surface area (Å²) in [5, 5.41) is 0. The molecule has 0 radical (unpaired) electrons. The maximum absolute atomic E-state index is 12.4. The van der Waals surface area contributed by atoms with Crippen molar-refractivity contribution in [2.75, 3.05) is 19.6 Å². The molecule has 0 aromatic heterocycles. The first-order chi connectivity index (χ1) is 15.7. The maximum atomic E-state index is 12.4. The number of benzene rings is 3. The summed E-state index contributed by atoms with van der Waals surface area (Å²) in [5.41, 5.74) is 3.20. The van der Waals surface area contributed by atoms with Crippen LogP contribution in [0.15, 0.2) is 89.4 Å². The van der Waals surface area contributed by atoms with Crippen molar-refractivity contribution in [3.05, 3.63) is 106 Å². The highest BCUT2D eigenvalue weighted by molar-refractivity contribution is 9.10. The maximum Gasteiger partial charge on any atom is 0.162 e. The highest BCUT2D eigenvalue weighted by atomic mass is 79.9. The highest BCUT2D eigenvalue weighted by Gasteiger charge is 2.24. The number of rotatable bonds is 9. The fourth-order valence-corrected chi connectivity index (χ4v) is 4.57. The molecule has 0 aliphatic carbocycles. The molecule has 1 aliphatic heterocycles. The van der Waals surface area contributed by atoms with E-state index in [1.807, 2.05) is 36.4 Å². The lowest BCUT2D eigenvalue weighted by Gasteiger charge is -2.34. The van der Waals surface area contributed by atoms with Gasteiger partial charge in [-0.05, 0) is 49.1 Å². The van der Waals surface area contributed by atoms with E-state index in [1.54, 1.807) is 0 Å². The zero-order valence-electron chi connectivity index (χ0n) is 18.3. The van der Waals surface area contributed by atoms with Crippen LogP contribution in [0.3, 0.4) is 0 Å². The van der Waals surface area contributed by atoms with Gasteiger partial charge < -0.3 is 9.64 Å². The molecule has 3 aromatic carbocycles. The Labute approximate surface area is 199 Å². The van der Waals surface area contributed by atoms with Crippen LogP contribution in [0.1, 0.15) is 53.3 Å². The lowest BCUT2D eigenvalue weighted by molar-refractivity contribution is -0.0270. The Morgan fingerprint density at radius 3 is 2.00 bits per heavy atom. The minimum absolute atomic E-state index is 0.0301. The summed E-state index contributed by atoms with van der Waals surface area (Å²) in [6, 6.07) is 28.6. The molecule has 3 nitrogen and oxygen atoms in total. The molecule has 1 aliphatic rings. The van der Waals surface area contributed by atoms with Crippen molar-refractivity contribution in [3.63, 3.8) is 0 Å². The van der Waals surface area contributed by atoms with Crippen LogP contribution in [0, 0.1) is 0 Å². The molecule has 3 aromatic rings. The standard InChI is InChI=1S/C28H30BrNO2/c29-25-15-13-22(14-16-25)27(31)12-7-19-30-20-17-26(18-21-30)32-28(23-8-3-1-4-9-23)24-10-5-2-6-11-24/h1-6,8-11,13-16,26,28H,7,12,17-21H2. The topological polar surface area (TPSA) is 29.5 Å². The number of hydrogen-bond acceptors (Lipinski definition) is 3. The molecule has 1 fully saturated rings. The van der Waals surface area contributed by atoms with Crippen molar-refractivity contribution < 1.29 is 9.53 Å². The zero-order chi connectivity index (χ0) is 22.2. The van der Waals surface area contributed by atoms with E-state index in [1.165, 1.54) is 11.1 Å². The van der Waals surface area contributed by atoms with E-state index in [0.717, 1.165) is 48.9 Å². The number of nitrogens with zero attached hydrogens (tertiary/aromatic N) is 1. The number of carbonyl (C=O) groups excluding carboxylic acids is 1. The van der Waals surface area contributed by atoms with E-state index in [0.29, 0.717) is 6.42 Å². The van der Waals surface area contributed by atoms with Gasteiger partial charge in [-0.2, -0.15) is 0 Å². The Morgan fingerprint density at radius 2 is 1.44 bits per heavy atom. The van der Waals surface area contributed by atoms with Crippen molar-refractivity contribution in [2.24, 2.45) is 0 Å². The summed E-state index contributed by atoms with van der Waals surface area (Å²) >= 11 is 3.42. The second-order valence-electron chi connectivity index (χ2n) is 8.41. The molecule has 1 heterocycles. The number of ether oxygens (including phenoxy) is 1. The molecule has 0 saturated carbocycles. The van der Waals surface area contributed by atoms with Crippen molar-refractivity contribution in [1.29, 1.82) is 0 Å². The minimum atomic E-state index is -0.0301. The third kappa shape index (κ3) is 6.38. The molecular formula is C28H30BrNO2. The zero-order valence-corrected chi connectivity index (χ0v) is 19.9. The molecule has 0 atom stereocenters. The quantitative estimate of drug-likeness (QED) is 0.312. The monoisotopic (exact) mass is 491 g/mol. The normalized spacial score (nSPS) is 15.2. The lowest BCUT2D eigenvalue weighted by atomic mass is 10.00. The van der Waals surface area contributed by atoms with Gasteiger partial charge in [-0.15, -0.1) is 0 Å². The SMILES string of the molecule is O=C(CCCN1CCC(OC(c2ccccc2)c2ccccc2)CC1)c1ccc(Br)cc1. The highest BCUT2D eigenvalue weighted by Crippen LogP contribution is 2.30. The summed E-state index contributed by atoms with van der Waals surface area (Å²) in [5.74, 6) is 0.226. The summed E-state index contributed by atoms with van der Waals surface area (Å²) in [6.07, 6.45) is 3.77. The molecule has 0 spiro atoms. The summed E-state index contributed by atoms with van der Waals surface area (Å²) < 4.78 is 7.64. The molecule has 0 unspecified atom stereocenters. The molecule has 0 bridgehead atoms. The molecule has 0 amide bonds. The van der Waals surface area contributed by atoms with Crippen LogP contribution in [0.4, 0.5) is 0 Å². The van der Waals surface area contributed by atoms with E-state index >= 15 is 0 Å². The Kier molecular flexibility index (Phi) is 8.27. The molecule has 0 N–H and O–H groups in total. The third-order valence-corrected chi connectivity index (χ3v) is 6.64. The summed E-state index contributed by atoms with van der Waals surface area (Å²) in [4.78, 5) is 14.9. The predicted octanol–water partition coefficient (Wildman–Crippen LogP) is 6.68. The fourth-order valence-electron chi connectivity index (χ4n) is 4.31. The van der Waals surface area contributed by atoms with Gasteiger partial charge in [0.2, 0.25) is 0 Å². The Hall–Kier alpha value is -2.27. The Balaban J connectivity index is 1.25. The average Bonchev–Trinajstić information content (AvgIpc) is 2.85. The second-order valence-corrected chi connectivity index (χ2v) is 9.33. The van der Waals surface area contributed by atoms with Gasteiger partial charge in [0.1, 0.15) is 6.10 Å². The van der Waals surface area contributed by atoms with Crippen molar-refractivity contribution in [3.8, 4) is 0 Å². The van der Waals surface area contributed by atoms with Gasteiger partial charge in [-0.25, -0.2) is 0 Å². The van der Waals surface area contributed by atoms with Crippen LogP contribution < -0.4 is 0 Å². The Morgan fingerprint density at radius 1 is 0.875 bits per heavy atom. The van der Waals surface area contributed by atoms with Gasteiger partial charge in [0.25, 0.3) is 0 Å². The number of carbonyl (C=O) groups is 1. The summed E-state index contributed by atoms with van der Waals surface area (Å²) in [6.45, 7) is 3.01. The van der Waals surface area contributed by atoms with E-state index < -0.39 is 0 Å². The molecule has 4 rings (SSSR count). The van der Waals surface area contributed by atoms with E-state index in [4.69, 9.17) is 4.74 Å². The second kappa shape index (κ2) is 11.6. The van der Waals surface area contributed by atoms with E-state index in [-0.39, 0.29) is 18.0 Å². The number of hydrogen-bond donors (Lipinski definition) is 0. The smallest absolute Gasteiger partial charge is 0.162 e. The first kappa shape index (κ1) is 22.9. The third-order valence-electron chi connectivity index (χ3n) is 6.11. The van der Waals surface area contributed by atoms with Crippen LogP contribution >= 0.6 is 15.9 Å². The molecular weight excluding hydrogens is 462 g/mol. The average molecular weight is 492 g/mol. The van der Waals surface area contributed by atoms with Crippen LogP contribution in [0.2, 0.25) is 0 Å². The predicted molar refractivity (Wildman–Crippen MR) is 133 cm³/mol. The van der Waals surface area contributed by atoms with Crippen molar-refractivity contribution in [2.45, 2.75) is 37.9 Å². The van der Waals surface area contributed by atoms with Crippen LogP contribution in [0.5, 0.6) is 0 Å². The number of ketones is 1. The van der Waals surface area contributed by atoms with Gasteiger partial charge in [0, 0.05) is 29.5 Å². The van der Waals surface area contributed by atoms with Crippen LogP contribution in [-0.2, 0) is 4.74 Å². The molecule has 166 valence electrons. The fraction of sp³-hybridized carbons (Fsp3) is 0.321. The molecule has 32 heavy (non-hydrogen) atoms. The van der Waals surface area contributed by atoms with Crippen molar-refractivity contribution in [1.82, 2.24) is 4.90 Å². The van der Waals surface area contributed by atoms with Crippen LogP contribution in [0.25, 0.3) is 0 Å². The van der Waals surface area contributed by atoms with E-state index in [2.05, 4.69) is 69.4 Å². The van der Waals surface area contributed by atoms with Gasteiger partial charge in [-0.3, -0.25) is 4.79 Å². The first-order valence-electron chi connectivity index (χ1n) is 11.5. The molecule has 4 heteroatoms. The minimum Gasteiger partial charge on any atom is -0.365 e. The summed E-state index contributed by atoms with van der Waals surface area (Å²) in [7, 11) is 0. The lowest BCUT2D eigenvalue weighted by Crippen LogP contribution is -2.38. The largest absolute Gasteiger partial charge is 0.365 e. The van der Waals surface area contributed by atoms with Crippen LogP contribution in [-0.4, -0.2) is 36.4 Å². The van der Waals surface area contributed by atoms with Gasteiger partial charge in [0.15, 0.2) is 5.78 Å². The molecule has 1 saturated heterocycles. The number of halogens is 1. The number of likely N-dealkylation sites (tertiary alicyclic amines) is 1. The van der Waals surface area contributed by atoms with Crippen molar-refractivity contribution >= 4 is 21.7 Å². The van der Waals surface area contributed by atoms with E-state index in [9.17, 15) is 4.79 Å². The van der Waals surface area contributed by atoms with Gasteiger partial charge in [0.05, 0.1) is 6.10 Å². The number of piperidine rings is 1. The van der Waals surface area contributed by atoms with Gasteiger partial charge >= 0.3 is 0 Å². The Bertz CT molecular complexity index is 928.